The normalized spacial score (nSPS) is 14.8. The molecule has 12 heteroatoms. The highest BCUT2D eigenvalue weighted by Crippen LogP contribution is 2.39. The van der Waals surface area contributed by atoms with Crippen molar-refractivity contribution in [2.45, 2.75) is 25.7 Å². The maximum Gasteiger partial charge on any atom is 0.259 e. The molecular formula is C50H46Cl2O10. The van der Waals surface area contributed by atoms with Gasteiger partial charge >= 0.3 is 0 Å². The Balaban J connectivity index is 1.21. The van der Waals surface area contributed by atoms with Crippen molar-refractivity contribution in [1.82, 2.24) is 0 Å². The van der Waals surface area contributed by atoms with E-state index in [-0.39, 0.29) is 26.4 Å². The third kappa shape index (κ3) is 10.8. The van der Waals surface area contributed by atoms with Crippen molar-refractivity contribution in [2.75, 3.05) is 66.1 Å². The summed E-state index contributed by atoms with van der Waals surface area (Å²) in [7, 11) is 0. The van der Waals surface area contributed by atoms with Crippen LogP contribution in [0.2, 0.25) is 0 Å². The topological polar surface area (TPSA) is 108 Å². The molecule has 0 fully saturated rings. The van der Waals surface area contributed by atoms with Gasteiger partial charge in [-0.2, -0.15) is 0 Å². The van der Waals surface area contributed by atoms with E-state index in [1.165, 1.54) is 0 Å². The summed E-state index contributed by atoms with van der Waals surface area (Å²) in [5.41, 5.74) is 6.98. The molecule has 2 aliphatic heterocycles. The van der Waals surface area contributed by atoms with Crippen molar-refractivity contribution < 1.29 is 47.5 Å². The van der Waals surface area contributed by atoms with Gasteiger partial charge in [-0.15, -0.1) is 0 Å². The molecule has 0 saturated heterocycles. The monoisotopic (exact) mass is 876 g/mol. The van der Waals surface area contributed by atoms with Crippen molar-refractivity contribution in [2.24, 2.45) is 0 Å². The molecule has 0 aromatic heterocycles. The van der Waals surface area contributed by atoms with Crippen LogP contribution in [0, 0.1) is 0 Å². The van der Waals surface area contributed by atoms with Crippen LogP contribution in [0.25, 0.3) is 10.8 Å². The zero-order valence-electron chi connectivity index (χ0n) is 34.1. The molecule has 0 unspecified atom stereocenters. The van der Waals surface area contributed by atoms with Crippen LogP contribution in [0.1, 0.15) is 44.5 Å². The second-order valence-electron chi connectivity index (χ2n) is 14.9. The third-order valence-electron chi connectivity index (χ3n) is 10.6. The Morgan fingerprint density at radius 3 is 1.08 bits per heavy atom. The van der Waals surface area contributed by atoms with E-state index in [1.807, 2.05) is 109 Å². The minimum Gasteiger partial charge on any atom is -0.491 e. The van der Waals surface area contributed by atoms with Crippen LogP contribution in [0.3, 0.4) is 0 Å². The van der Waals surface area contributed by atoms with E-state index in [9.17, 15) is 9.59 Å². The second kappa shape index (κ2) is 20.9. The summed E-state index contributed by atoms with van der Waals surface area (Å²) >= 11 is 11.7. The van der Waals surface area contributed by atoms with Gasteiger partial charge in [0.15, 0.2) is 24.7 Å². The van der Waals surface area contributed by atoms with E-state index in [4.69, 9.17) is 61.1 Å². The van der Waals surface area contributed by atoms with Gasteiger partial charge in [0.05, 0.1) is 26.4 Å². The molecule has 1 aliphatic carbocycles. The van der Waals surface area contributed by atoms with Gasteiger partial charge in [0.1, 0.15) is 49.4 Å². The maximum atomic E-state index is 12.1. The van der Waals surface area contributed by atoms with Gasteiger partial charge in [-0.25, -0.2) is 0 Å². The number of halogens is 2. The third-order valence-corrected chi connectivity index (χ3v) is 10.8. The number of hydrogen-bond donors (Lipinski definition) is 0. The first kappa shape index (κ1) is 42.9. The van der Waals surface area contributed by atoms with Crippen LogP contribution in [0.4, 0.5) is 0 Å². The van der Waals surface area contributed by atoms with E-state index < -0.39 is 10.5 Å². The van der Waals surface area contributed by atoms with Crippen molar-refractivity contribution in [3.8, 4) is 34.5 Å². The summed E-state index contributed by atoms with van der Waals surface area (Å²) in [5, 5.41) is 0.858. The van der Waals surface area contributed by atoms with Gasteiger partial charge in [0.25, 0.3) is 10.5 Å². The highest BCUT2D eigenvalue weighted by Gasteiger charge is 2.22. The van der Waals surface area contributed by atoms with Crippen molar-refractivity contribution >= 4 is 44.5 Å². The average Bonchev–Trinajstić information content (AvgIpc) is 3.26. The van der Waals surface area contributed by atoms with Gasteiger partial charge in [0.2, 0.25) is 0 Å². The molecule has 0 saturated carbocycles. The first-order chi connectivity index (χ1) is 30.4. The van der Waals surface area contributed by atoms with Crippen LogP contribution < -0.4 is 28.4 Å². The molecule has 10 bridgehead atoms. The predicted octanol–water partition coefficient (Wildman–Crippen LogP) is 9.07. The quantitative estimate of drug-likeness (QED) is 0.119. The Morgan fingerprint density at radius 1 is 0.419 bits per heavy atom. The Bertz CT molecular complexity index is 2280. The predicted molar refractivity (Wildman–Crippen MR) is 237 cm³/mol. The molecule has 2 heterocycles. The van der Waals surface area contributed by atoms with Gasteiger partial charge in [-0.3, -0.25) is 9.59 Å². The van der Waals surface area contributed by atoms with Crippen LogP contribution in [0.5, 0.6) is 34.5 Å². The highest BCUT2D eigenvalue weighted by molar-refractivity contribution is 6.64. The molecular weight excluding hydrogens is 831 g/mol. The summed E-state index contributed by atoms with van der Waals surface area (Å²) in [6, 6.07) is 36.0. The van der Waals surface area contributed by atoms with Gasteiger partial charge in [-0.1, -0.05) is 97.1 Å². The van der Waals surface area contributed by atoms with Gasteiger partial charge in [0, 0.05) is 25.7 Å². The first-order valence-electron chi connectivity index (χ1n) is 20.6. The first-order valence-corrected chi connectivity index (χ1v) is 21.4. The lowest BCUT2D eigenvalue weighted by molar-refractivity contribution is -0.114. The number of ether oxygens (including phenoxy) is 8. The largest absolute Gasteiger partial charge is 0.491 e. The van der Waals surface area contributed by atoms with Crippen LogP contribution in [-0.2, 0) is 44.7 Å². The van der Waals surface area contributed by atoms with E-state index >= 15 is 0 Å². The molecule has 62 heavy (non-hydrogen) atoms. The summed E-state index contributed by atoms with van der Waals surface area (Å²) in [4.78, 5) is 24.2. The molecule has 10 nitrogen and oxygen atoms in total. The molecule has 3 aliphatic rings. The second-order valence-corrected chi connectivity index (χ2v) is 15.7. The number of fused-ring (bicyclic) bond motifs is 13. The van der Waals surface area contributed by atoms with Crippen LogP contribution in [-0.4, -0.2) is 76.6 Å². The molecule has 0 N–H and O–H groups in total. The van der Waals surface area contributed by atoms with Crippen LogP contribution in [0.15, 0.2) is 109 Å². The molecule has 0 atom stereocenters. The number of benzene rings is 6. The lowest BCUT2D eigenvalue weighted by Gasteiger charge is -2.22. The highest BCUT2D eigenvalue weighted by atomic mass is 35.5. The van der Waals surface area contributed by atoms with E-state index in [0.717, 1.165) is 55.3 Å². The average molecular weight is 878 g/mol. The van der Waals surface area contributed by atoms with Gasteiger partial charge in [-0.05, 0) is 90.6 Å². The fourth-order valence-electron chi connectivity index (χ4n) is 7.94. The summed E-state index contributed by atoms with van der Waals surface area (Å²) in [6.45, 7) is 1.70. The maximum absolute atomic E-state index is 12.1. The minimum absolute atomic E-state index is 0.250. The standard InChI is InChI=1S/C50H46Cl2O10/c51-45(53)31-61-49-39-13-5-15-41(49)27-37-11-4-12-38-28-42-16-6-14-40(50(42)62-32-46(52)54)26-36-10-3-9-35(25-39)47(36)59-23-19-55-17-21-57-43-29-33-7-1-2-8-34(33)30-44(43)58-22-18-56-20-24-60-48(37)38/h1-16,29-30H,17-28,31-32H2. The minimum atomic E-state index is -0.608. The van der Waals surface area contributed by atoms with Crippen molar-refractivity contribution in [1.29, 1.82) is 0 Å². The SMILES string of the molecule is O=C(Cl)COc1c2cccc1Cc1cccc3c1OCCOCCOc1cc4ccccc4cc1OCCOCCOc1c(cccc1Cc1cccc(c1OCC(=O)Cl)C3)C2. The zero-order chi connectivity index (χ0) is 42.7. The van der Waals surface area contributed by atoms with Crippen LogP contribution >= 0.6 is 23.2 Å². The summed E-state index contributed by atoms with van der Waals surface area (Å²) in [5.74, 6) is 3.74. The molecule has 6 aromatic rings. The van der Waals surface area contributed by atoms with E-state index in [0.29, 0.717) is 99.8 Å². The smallest absolute Gasteiger partial charge is 0.259 e. The zero-order valence-corrected chi connectivity index (χ0v) is 35.6. The molecule has 0 spiro atoms. The fourth-order valence-corrected chi connectivity index (χ4v) is 8.05. The number of hydrogen-bond acceptors (Lipinski definition) is 10. The summed E-state index contributed by atoms with van der Waals surface area (Å²) in [6.07, 6.45) is 1.66. The number of carbonyl (C=O) groups excluding carboxylic acids is 2. The number of para-hydroxylation sites is 4. The lowest BCUT2D eigenvalue weighted by atomic mass is 9.91. The van der Waals surface area contributed by atoms with E-state index in [2.05, 4.69) is 0 Å². The van der Waals surface area contributed by atoms with Crippen molar-refractivity contribution in [3.63, 3.8) is 0 Å². The van der Waals surface area contributed by atoms with Gasteiger partial charge < -0.3 is 37.9 Å². The molecule has 6 aromatic carbocycles. The molecule has 0 amide bonds. The number of rotatable bonds is 6. The Labute approximate surface area is 370 Å². The Kier molecular flexibility index (Phi) is 14.4. The molecule has 0 radical (unpaired) electrons. The summed E-state index contributed by atoms with van der Waals surface area (Å²) < 4.78 is 50.3. The van der Waals surface area contributed by atoms with E-state index in [1.54, 1.807) is 0 Å². The Hall–Kier alpha value is -5.78. The lowest BCUT2D eigenvalue weighted by Crippen LogP contribution is -2.14. The number of carbonyl (C=O) groups is 2. The molecule has 9 rings (SSSR count). The molecule has 320 valence electrons. The Morgan fingerprint density at radius 2 is 0.742 bits per heavy atom. The fraction of sp³-hybridized carbons (Fsp3) is 0.280. The van der Waals surface area contributed by atoms with Crippen molar-refractivity contribution in [3.05, 3.63) is 154 Å².